The number of piperidine rings is 1. The number of hydrogen-bond acceptors (Lipinski definition) is 3. The summed E-state index contributed by atoms with van der Waals surface area (Å²) >= 11 is 0. The molecule has 0 aliphatic carbocycles. The van der Waals surface area contributed by atoms with Gasteiger partial charge >= 0.3 is 12.0 Å². The Morgan fingerprint density at radius 2 is 2.24 bits per heavy atom. The highest BCUT2D eigenvalue weighted by Gasteiger charge is 2.28. The summed E-state index contributed by atoms with van der Waals surface area (Å²) in [5.74, 6) is -1.63. The minimum atomic E-state index is -0.917. The molecule has 0 radical (unpaired) electrons. The number of carboxylic acids is 1. The zero-order valence-electron chi connectivity index (χ0n) is 11.6. The average molecular weight is 296 g/mol. The van der Waals surface area contributed by atoms with Crippen molar-refractivity contribution in [1.82, 2.24) is 4.90 Å². The molecule has 2 N–H and O–H groups in total. The lowest BCUT2D eigenvalue weighted by atomic mass is 9.99. The number of rotatable bonds is 3. The predicted octanol–water partition coefficient (Wildman–Crippen LogP) is 2.16. The molecule has 1 aliphatic rings. The van der Waals surface area contributed by atoms with Crippen LogP contribution in [0, 0.1) is 11.7 Å². The number of likely N-dealkylation sites (tertiary alicyclic amines) is 1. The molecule has 2 rings (SSSR count). The first-order valence-electron chi connectivity index (χ1n) is 6.63. The fraction of sp³-hybridized carbons (Fsp3) is 0.429. The number of carboxylic acid groups (broad SMARTS) is 1. The van der Waals surface area contributed by atoms with E-state index < -0.39 is 23.7 Å². The van der Waals surface area contributed by atoms with E-state index in [1.807, 2.05) is 0 Å². The summed E-state index contributed by atoms with van der Waals surface area (Å²) in [4.78, 5) is 24.5. The summed E-state index contributed by atoms with van der Waals surface area (Å²) < 4.78 is 18.6. The molecule has 0 spiro atoms. The fourth-order valence-corrected chi connectivity index (χ4v) is 2.28. The van der Waals surface area contributed by atoms with E-state index in [4.69, 9.17) is 9.84 Å². The summed E-state index contributed by atoms with van der Waals surface area (Å²) in [5, 5.41) is 11.5. The van der Waals surface area contributed by atoms with Crippen LogP contribution in [0.5, 0.6) is 5.75 Å². The number of nitrogens with one attached hydrogen (secondary N) is 1. The Morgan fingerprint density at radius 3 is 2.90 bits per heavy atom. The molecule has 1 aromatic carbocycles. The largest absolute Gasteiger partial charge is 0.497 e. The van der Waals surface area contributed by atoms with Crippen molar-refractivity contribution in [3.8, 4) is 5.75 Å². The molecule has 2 amide bonds. The Labute approximate surface area is 121 Å². The van der Waals surface area contributed by atoms with Gasteiger partial charge in [0, 0.05) is 19.2 Å². The monoisotopic (exact) mass is 296 g/mol. The van der Waals surface area contributed by atoms with E-state index in [0.717, 1.165) is 0 Å². The van der Waals surface area contributed by atoms with Gasteiger partial charge in [0.1, 0.15) is 11.6 Å². The van der Waals surface area contributed by atoms with Gasteiger partial charge in [-0.1, -0.05) is 0 Å². The predicted molar refractivity (Wildman–Crippen MR) is 73.9 cm³/mol. The molecule has 0 bridgehead atoms. The van der Waals surface area contributed by atoms with Crippen molar-refractivity contribution in [3.63, 3.8) is 0 Å². The van der Waals surface area contributed by atoms with Gasteiger partial charge in [-0.15, -0.1) is 0 Å². The lowest BCUT2D eigenvalue weighted by Crippen LogP contribution is -2.44. The maximum absolute atomic E-state index is 13.7. The molecule has 114 valence electrons. The summed E-state index contributed by atoms with van der Waals surface area (Å²) in [5.41, 5.74) is 0.0109. The van der Waals surface area contributed by atoms with Gasteiger partial charge in [-0.3, -0.25) is 4.79 Å². The molecule has 1 saturated heterocycles. The van der Waals surface area contributed by atoms with Crippen LogP contribution >= 0.6 is 0 Å². The number of halogens is 1. The highest BCUT2D eigenvalue weighted by Crippen LogP contribution is 2.23. The number of aliphatic carboxylic acids is 1. The van der Waals surface area contributed by atoms with Gasteiger partial charge in [-0.25, -0.2) is 9.18 Å². The number of methoxy groups -OCH3 is 1. The number of carbonyl (C=O) groups excluding carboxylic acids is 1. The van der Waals surface area contributed by atoms with Gasteiger partial charge < -0.3 is 20.1 Å². The smallest absolute Gasteiger partial charge is 0.321 e. The van der Waals surface area contributed by atoms with Gasteiger partial charge in [-0.05, 0) is 25.0 Å². The molecule has 1 fully saturated rings. The normalized spacial score (nSPS) is 18.2. The van der Waals surface area contributed by atoms with Crippen LogP contribution in [0.3, 0.4) is 0 Å². The second kappa shape index (κ2) is 6.43. The number of anilines is 1. The van der Waals surface area contributed by atoms with E-state index in [-0.39, 0.29) is 12.2 Å². The number of hydrogen-bond donors (Lipinski definition) is 2. The van der Waals surface area contributed by atoms with Gasteiger partial charge in [0.25, 0.3) is 0 Å². The Balaban J connectivity index is 2.05. The van der Waals surface area contributed by atoms with Crippen molar-refractivity contribution in [3.05, 3.63) is 24.0 Å². The van der Waals surface area contributed by atoms with E-state index in [1.54, 1.807) is 0 Å². The van der Waals surface area contributed by atoms with E-state index >= 15 is 0 Å². The first-order valence-corrected chi connectivity index (χ1v) is 6.63. The Bertz CT molecular complexity index is 550. The minimum Gasteiger partial charge on any atom is -0.497 e. The molecule has 21 heavy (non-hydrogen) atoms. The molecule has 0 saturated carbocycles. The van der Waals surface area contributed by atoms with Crippen molar-refractivity contribution < 1.29 is 23.8 Å². The van der Waals surface area contributed by atoms with Crippen LogP contribution in [0.4, 0.5) is 14.9 Å². The van der Waals surface area contributed by atoms with Crippen molar-refractivity contribution in [2.45, 2.75) is 12.8 Å². The van der Waals surface area contributed by atoms with Crippen LogP contribution in [0.15, 0.2) is 18.2 Å². The van der Waals surface area contributed by atoms with Crippen LogP contribution in [-0.2, 0) is 4.79 Å². The topological polar surface area (TPSA) is 78.9 Å². The van der Waals surface area contributed by atoms with E-state index in [1.165, 1.54) is 30.2 Å². The van der Waals surface area contributed by atoms with Crippen LogP contribution in [0.1, 0.15) is 12.8 Å². The van der Waals surface area contributed by atoms with E-state index in [2.05, 4.69) is 5.32 Å². The first kappa shape index (κ1) is 15.1. The number of carbonyl (C=O) groups is 2. The van der Waals surface area contributed by atoms with Crippen molar-refractivity contribution >= 4 is 17.7 Å². The lowest BCUT2D eigenvalue weighted by molar-refractivity contribution is -0.143. The molecule has 1 aliphatic heterocycles. The van der Waals surface area contributed by atoms with E-state index in [9.17, 15) is 14.0 Å². The number of benzene rings is 1. The summed E-state index contributed by atoms with van der Waals surface area (Å²) in [6, 6.07) is 3.52. The molecule has 1 atom stereocenters. The van der Waals surface area contributed by atoms with Crippen LogP contribution in [0.25, 0.3) is 0 Å². The standard InChI is InChI=1S/C14H17FN2O4/c1-21-10-4-5-11(15)12(7-10)16-14(20)17-6-2-3-9(8-17)13(18)19/h4-5,7,9H,2-3,6,8H2,1H3,(H,16,20)(H,18,19)/t9-/m1/s1. The van der Waals surface area contributed by atoms with Crippen LogP contribution in [0.2, 0.25) is 0 Å². The Hall–Kier alpha value is -2.31. The van der Waals surface area contributed by atoms with Gasteiger partial charge in [0.2, 0.25) is 0 Å². The average Bonchev–Trinajstić information content (AvgIpc) is 2.49. The third kappa shape index (κ3) is 3.62. The molecular formula is C14H17FN2O4. The van der Waals surface area contributed by atoms with Gasteiger partial charge in [-0.2, -0.15) is 0 Å². The van der Waals surface area contributed by atoms with Crippen molar-refractivity contribution in [2.24, 2.45) is 5.92 Å². The third-order valence-electron chi connectivity index (χ3n) is 3.47. The number of nitrogens with zero attached hydrogens (tertiary/aromatic N) is 1. The molecular weight excluding hydrogens is 279 g/mol. The molecule has 1 aromatic rings. The lowest BCUT2D eigenvalue weighted by Gasteiger charge is -2.30. The highest BCUT2D eigenvalue weighted by atomic mass is 19.1. The minimum absolute atomic E-state index is 0.0109. The molecule has 1 heterocycles. The van der Waals surface area contributed by atoms with Gasteiger partial charge in [0.15, 0.2) is 0 Å². The van der Waals surface area contributed by atoms with Crippen molar-refractivity contribution in [2.75, 3.05) is 25.5 Å². The Kier molecular flexibility index (Phi) is 4.62. The summed E-state index contributed by atoms with van der Waals surface area (Å²) in [7, 11) is 1.45. The quantitative estimate of drug-likeness (QED) is 0.896. The number of amides is 2. The van der Waals surface area contributed by atoms with Gasteiger partial charge in [0.05, 0.1) is 18.7 Å². The fourth-order valence-electron chi connectivity index (χ4n) is 2.28. The second-order valence-corrected chi connectivity index (χ2v) is 4.90. The van der Waals surface area contributed by atoms with Crippen LogP contribution in [-0.4, -0.2) is 42.2 Å². The van der Waals surface area contributed by atoms with Crippen molar-refractivity contribution in [1.29, 1.82) is 0 Å². The third-order valence-corrected chi connectivity index (χ3v) is 3.47. The Morgan fingerprint density at radius 1 is 1.48 bits per heavy atom. The molecule has 7 heteroatoms. The molecule has 6 nitrogen and oxygen atoms in total. The molecule has 0 aromatic heterocycles. The summed E-state index contributed by atoms with van der Waals surface area (Å²) in [6.45, 7) is 0.591. The van der Waals surface area contributed by atoms with E-state index in [0.29, 0.717) is 25.1 Å². The maximum Gasteiger partial charge on any atom is 0.321 e. The zero-order valence-corrected chi connectivity index (χ0v) is 11.6. The highest BCUT2D eigenvalue weighted by molar-refractivity contribution is 5.90. The SMILES string of the molecule is COc1ccc(F)c(NC(=O)N2CCC[C@@H](C(=O)O)C2)c1. The van der Waals surface area contributed by atoms with Crippen LogP contribution < -0.4 is 10.1 Å². The first-order chi connectivity index (χ1) is 10.0. The summed E-state index contributed by atoms with van der Waals surface area (Å²) in [6.07, 6.45) is 1.16. The number of urea groups is 1. The maximum atomic E-state index is 13.7. The second-order valence-electron chi connectivity index (χ2n) is 4.90. The zero-order chi connectivity index (χ0) is 15.4. The number of ether oxygens (including phenoxy) is 1. The molecule has 0 unspecified atom stereocenters.